The number of rotatable bonds is 3. The second-order valence-corrected chi connectivity index (χ2v) is 5.17. The summed E-state index contributed by atoms with van der Waals surface area (Å²) in [6.07, 6.45) is 1.85. The maximum atomic E-state index is 10.9. The molecule has 0 aliphatic heterocycles. The van der Waals surface area contributed by atoms with E-state index < -0.39 is 5.97 Å². The summed E-state index contributed by atoms with van der Waals surface area (Å²) in [6, 6.07) is 12.7. The Morgan fingerprint density at radius 1 is 1.05 bits per heavy atom. The molecule has 0 atom stereocenters. The summed E-state index contributed by atoms with van der Waals surface area (Å²) in [4.78, 5) is 10.9. The molecule has 5 heteroatoms. The molecule has 3 aromatic rings. The van der Waals surface area contributed by atoms with E-state index in [0.717, 1.165) is 22.4 Å². The predicted octanol–water partition coefficient (Wildman–Crippen LogP) is 3.25. The minimum atomic E-state index is -0.939. The molecule has 0 amide bonds. The lowest BCUT2D eigenvalue weighted by atomic mass is 10.1. The zero-order chi connectivity index (χ0) is 15.7. The zero-order valence-electron chi connectivity index (χ0n) is 12.3. The zero-order valence-corrected chi connectivity index (χ0v) is 12.3. The fourth-order valence-electron chi connectivity index (χ4n) is 2.46. The Balaban J connectivity index is 1.99. The number of aromatic carboxylic acids is 1. The number of benzene rings is 2. The van der Waals surface area contributed by atoms with Gasteiger partial charge in [-0.3, -0.25) is 0 Å². The third-order valence-electron chi connectivity index (χ3n) is 3.59. The first-order chi connectivity index (χ1) is 10.6. The molecule has 0 bridgehead atoms. The number of nitrogens with zero attached hydrogens (tertiary/aromatic N) is 3. The molecule has 0 saturated heterocycles. The molecule has 1 N–H and O–H groups in total. The third kappa shape index (κ3) is 2.48. The largest absolute Gasteiger partial charge is 0.478 e. The van der Waals surface area contributed by atoms with Crippen LogP contribution in [0.15, 0.2) is 48.7 Å². The van der Waals surface area contributed by atoms with Crippen molar-refractivity contribution in [3.63, 3.8) is 0 Å². The van der Waals surface area contributed by atoms with E-state index in [9.17, 15) is 4.79 Å². The lowest BCUT2D eigenvalue weighted by molar-refractivity contribution is 0.0697. The van der Waals surface area contributed by atoms with Crippen LogP contribution in [0.5, 0.6) is 0 Å². The lowest BCUT2D eigenvalue weighted by Gasteiger charge is -2.07. The van der Waals surface area contributed by atoms with Crippen molar-refractivity contribution < 1.29 is 9.90 Å². The summed E-state index contributed by atoms with van der Waals surface area (Å²) < 4.78 is 1.76. The molecule has 0 spiro atoms. The van der Waals surface area contributed by atoms with E-state index in [1.165, 1.54) is 0 Å². The molecule has 0 saturated carbocycles. The van der Waals surface area contributed by atoms with E-state index in [4.69, 9.17) is 5.11 Å². The summed E-state index contributed by atoms with van der Waals surface area (Å²) in [7, 11) is 0. The second kappa shape index (κ2) is 5.44. The molecule has 5 nitrogen and oxygen atoms in total. The highest BCUT2D eigenvalue weighted by Gasteiger charge is 2.10. The van der Waals surface area contributed by atoms with Crippen molar-refractivity contribution >= 4 is 5.97 Å². The quantitative estimate of drug-likeness (QED) is 0.805. The summed E-state index contributed by atoms with van der Waals surface area (Å²) in [5.41, 5.74) is 5.06. The van der Waals surface area contributed by atoms with Crippen LogP contribution < -0.4 is 0 Å². The highest BCUT2D eigenvalue weighted by atomic mass is 16.4. The fourth-order valence-corrected chi connectivity index (χ4v) is 2.46. The molecule has 0 radical (unpaired) electrons. The SMILES string of the molecule is Cc1cccc(C)c1-n1cc(-c2ccc(C(=O)O)cc2)nn1. The van der Waals surface area contributed by atoms with E-state index in [1.54, 1.807) is 28.9 Å². The number of aromatic nitrogens is 3. The maximum absolute atomic E-state index is 10.9. The van der Waals surface area contributed by atoms with E-state index >= 15 is 0 Å². The second-order valence-electron chi connectivity index (χ2n) is 5.17. The highest BCUT2D eigenvalue weighted by molar-refractivity contribution is 5.88. The normalized spacial score (nSPS) is 10.6. The molecule has 2 aromatic carbocycles. The summed E-state index contributed by atoms with van der Waals surface area (Å²) in [6.45, 7) is 4.07. The van der Waals surface area contributed by atoms with E-state index in [0.29, 0.717) is 5.69 Å². The van der Waals surface area contributed by atoms with Crippen LogP contribution in [0.1, 0.15) is 21.5 Å². The van der Waals surface area contributed by atoms with E-state index in [1.807, 2.05) is 38.2 Å². The molecular weight excluding hydrogens is 278 g/mol. The van der Waals surface area contributed by atoms with Gasteiger partial charge in [0.1, 0.15) is 5.69 Å². The molecule has 3 rings (SSSR count). The number of aryl methyl sites for hydroxylation is 2. The standard InChI is InChI=1S/C17H15N3O2/c1-11-4-3-5-12(2)16(11)20-10-15(18-19-20)13-6-8-14(9-7-13)17(21)22/h3-10H,1-2H3,(H,21,22). The van der Waals surface area contributed by atoms with Gasteiger partial charge in [-0.05, 0) is 37.1 Å². The van der Waals surface area contributed by atoms with Crippen LogP contribution in [0, 0.1) is 13.8 Å². The number of para-hydroxylation sites is 1. The van der Waals surface area contributed by atoms with Gasteiger partial charge < -0.3 is 5.11 Å². The summed E-state index contributed by atoms with van der Waals surface area (Å²) >= 11 is 0. The molecule has 0 aliphatic rings. The van der Waals surface area contributed by atoms with Gasteiger partial charge in [0.05, 0.1) is 17.4 Å². The highest BCUT2D eigenvalue weighted by Crippen LogP contribution is 2.22. The third-order valence-corrected chi connectivity index (χ3v) is 3.59. The first-order valence-corrected chi connectivity index (χ1v) is 6.89. The Morgan fingerprint density at radius 2 is 1.68 bits per heavy atom. The smallest absolute Gasteiger partial charge is 0.335 e. The molecule has 22 heavy (non-hydrogen) atoms. The average molecular weight is 293 g/mol. The van der Waals surface area contributed by atoms with Crippen molar-refractivity contribution in [3.8, 4) is 16.9 Å². The van der Waals surface area contributed by atoms with Gasteiger partial charge in [-0.2, -0.15) is 0 Å². The Kier molecular flexibility index (Phi) is 3.47. The summed E-state index contributed by atoms with van der Waals surface area (Å²) in [5, 5.41) is 17.3. The molecule has 0 fully saturated rings. The topological polar surface area (TPSA) is 68.0 Å². The van der Waals surface area contributed by atoms with Gasteiger partial charge in [0.2, 0.25) is 0 Å². The molecule has 0 unspecified atom stereocenters. The minimum Gasteiger partial charge on any atom is -0.478 e. The Labute approximate surface area is 127 Å². The molecule has 0 aliphatic carbocycles. The molecule has 1 aromatic heterocycles. The predicted molar refractivity (Wildman–Crippen MR) is 83.2 cm³/mol. The number of carboxylic acids is 1. The van der Waals surface area contributed by atoms with Crippen molar-refractivity contribution in [2.24, 2.45) is 0 Å². The van der Waals surface area contributed by atoms with Crippen LogP contribution >= 0.6 is 0 Å². The van der Waals surface area contributed by atoms with Gasteiger partial charge in [0.15, 0.2) is 0 Å². The number of hydrogen-bond acceptors (Lipinski definition) is 3. The Bertz CT molecular complexity index is 815. The molecule has 110 valence electrons. The van der Waals surface area contributed by atoms with Crippen LogP contribution in [-0.4, -0.2) is 26.1 Å². The average Bonchev–Trinajstić information content (AvgIpc) is 2.97. The van der Waals surface area contributed by atoms with Gasteiger partial charge in [-0.1, -0.05) is 35.5 Å². The number of carbonyl (C=O) groups is 1. The van der Waals surface area contributed by atoms with Gasteiger partial charge in [-0.15, -0.1) is 5.10 Å². The molecule has 1 heterocycles. The minimum absolute atomic E-state index is 0.255. The van der Waals surface area contributed by atoms with Crippen molar-refractivity contribution in [2.75, 3.05) is 0 Å². The monoisotopic (exact) mass is 293 g/mol. The van der Waals surface area contributed by atoms with Crippen LogP contribution in [0.2, 0.25) is 0 Å². The number of carboxylic acid groups (broad SMARTS) is 1. The fraction of sp³-hybridized carbons (Fsp3) is 0.118. The Morgan fingerprint density at radius 3 is 2.27 bits per heavy atom. The van der Waals surface area contributed by atoms with E-state index in [-0.39, 0.29) is 5.56 Å². The number of hydrogen-bond donors (Lipinski definition) is 1. The maximum Gasteiger partial charge on any atom is 0.335 e. The molecular formula is C17H15N3O2. The van der Waals surface area contributed by atoms with Gasteiger partial charge in [0, 0.05) is 5.56 Å². The Hall–Kier alpha value is -2.95. The van der Waals surface area contributed by atoms with Crippen molar-refractivity contribution in [1.82, 2.24) is 15.0 Å². The van der Waals surface area contributed by atoms with Crippen molar-refractivity contribution in [1.29, 1.82) is 0 Å². The van der Waals surface area contributed by atoms with Crippen molar-refractivity contribution in [3.05, 3.63) is 65.4 Å². The van der Waals surface area contributed by atoms with Crippen LogP contribution in [-0.2, 0) is 0 Å². The van der Waals surface area contributed by atoms with Crippen LogP contribution in [0.3, 0.4) is 0 Å². The van der Waals surface area contributed by atoms with Gasteiger partial charge >= 0.3 is 5.97 Å². The van der Waals surface area contributed by atoms with Gasteiger partial charge in [-0.25, -0.2) is 9.48 Å². The van der Waals surface area contributed by atoms with Crippen LogP contribution in [0.25, 0.3) is 16.9 Å². The van der Waals surface area contributed by atoms with Gasteiger partial charge in [0.25, 0.3) is 0 Å². The van der Waals surface area contributed by atoms with Crippen LogP contribution in [0.4, 0.5) is 0 Å². The lowest BCUT2D eigenvalue weighted by Crippen LogP contribution is -2.00. The first kappa shape index (κ1) is 14.0. The first-order valence-electron chi connectivity index (χ1n) is 6.89. The summed E-state index contributed by atoms with van der Waals surface area (Å²) in [5.74, 6) is -0.939. The van der Waals surface area contributed by atoms with Crippen molar-refractivity contribution in [2.45, 2.75) is 13.8 Å². The van der Waals surface area contributed by atoms with E-state index in [2.05, 4.69) is 10.3 Å².